The van der Waals surface area contributed by atoms with E-state index in [2.05, 4.69) is 11.4 Å². The first kappa shape index (κ1) is 11.4. The topological polar surface area (TPSA) is 38.0 Å². The van der Waals surface area contributed by atoms with E-state index in [1.54, 1.807) is 0 Å². The highest BCUT2D eigenvalue weighted by Crippen LogP contribution is 2.26. The molecule has 0 radical (unpaired) electrons. The zero-order chi connectivity index (χ0) is 6.97. The van der Waals surface area contributed by atoms with Gasteiger partial charge in [0.1, 0.15) is 0 Å². The van der Waals surface area contributed by atoms with Crippen LogP contribution in [0.3, 0.4) is 0 Å². The lowest BCUT2D eigenvalue weighted by Crippen LogP contribution is -1.90. The number of rotatable bonds is 0. The van der Waals surface area contributed by atoms with Crippen molar-refractivity contribution in [3.63, 3.8) is 0 Å². The van der Waals surface area contributed by atoms with Gasteiger partial charge in [0, 0.05) is 17.9 Å². The highest BCUT2D eigenvalue weighted by Gasteiger charge is 2.10. The quantitative estimate of drug-likeness (QED) is 0.639. The molecule has 4 heteroatoms. The van der Waals surface area contributed by atoms with Crippen molar-refractivity contribution in [3.05, 3.63) is 23.8 Å². The van der Waals surface area contributed by atoms with Crippen LogP contribution in [0.5, 0.6) is 0 Å². The summed E-state index contributed by atoms with van der Waals surface area (Å²) in [6.45, 7) is 1.03. The smallest absolute Gasteiger partial charge is 0.0394 e. The molecule has 2 nitrogen and oxygen atoms in total. The normalized spacial score (nSPS) is 12.0. The third-order valence-electron chi connectivity index (χ3n) is 1.90. The Balaban J connectivity index is 0.000000605. The van der Waals surface area contributed by atoms with Gasteiger partial charge in [0.25, 0.3) is 0 Å². The number of hydrogen-bond donors (Lipinski definition) is 2. The van der Waals surface area contributed by atoms with Crippen LogP contribution in [0, 0.1) is 0 Å². The Kier molecular flexibility index (Phi) is 4.21. The molecule has 0 aliphatic carbocycles. The number of hydrogen-bond acceptors (Lipinski definition) is 2. The first-order valence-corrected chi connectivity index (χ1v) is 3.49. The molecule has 1 aromatic rings. The zero-order valence-corrected chi connectivity index (χ0v) is 8.17. The van der Waals surface area contributed by atoms with Gasteiger partial charge in [0.15, 0.2) is 0 Å². The Morgan fingerprint density at radius 3 is 2.67 bits per heavy atom. The summed E-state index contributed by atoms with van der Waals surface area (Å²) in [7, 11) is 0. The molecule has 2 rings (SSSR count). The van der Waals surface area contributed by atoms with Crippen molar-refractivity contribution in [2.75, 3.05) is 17.6 Å². The second kappa shape index (κ2) is 4.43. The van der Waals surface area contributed by atoms with E-state index in [4.69, 9.17) is 5.73 Å². The fourth-order valence-electron chi connectivity index (χ4n) is 1.37. The van der Waals surface area contributed by atoms with Crippen LogP contribution in [0.25, 0.3) is 0 Å². The Morgan fingerprint density at radius 1 is 1.25 bits per heavy atom. The van der Waals surface area contributed by atoms with Gasteiger partial charge < -0.3 is 11.1 Å². The maximum Gasteiger partial charge on any atom is 0.0394 e. The maximum atomic E-state index is 5.73. The van der Waals surface area contributed by atoms with Gasteiger partial charge in [-0.25, -0.2) is 0 Å². The summed E-state index contributed by atoms with van der Waals surface area (Å²) in [4.78, 5) is 0. The van der Waals surface area contributed by atoms with Crippen molar-refractivity contribution in [2.45, 2.75) is 6.42 Å². The van der Waals surface area contributed by atoms with E-state index in [1.807, 2.05) is 12.1 Å². The molecular weight excluding hydrogens is 195 g/mol. The van der Waals surface area contributed by atoms with Gasteiger partial charge in [-0.3, -0.25) is 0 Å². The van der Waals surface area contributed by atoms with Gasteiger partial charge in [-0.15, -0.1) is 24.8 Å². The van der Waals surface area contributed by atoms with E-state index in [1.165, 1.54) is 11.3 Å². The molecule has 0 atom stereocenters. The minimum absolute atomic E-state index is 0. The number of anilines is 2. The lowest BCUT2D eigenvalue weighted by Gasteiger charge is -2.00. The summed E-state index contributed by atoms with van der Waals surface area (Å²) in [5, 5.41) is 3.26. The molecule has 3 N–H and O–H groups in total. The fourth-order valence-corrected chi connectivity index (χ4v) is 1.37. The highest BCUT2D eigenvalue weighted by molar-refractivity contribution is 5.85. The van der Waals surface area contributed by atoms with Crippen LogP contribution < -0.4 is 11.1 Å². The van der Waals surface area contributed by atoms with Crippen LogP contribution in [-0.2, 0) is 6.42 Å². The van der Waals surface area contributed by atoms with Gasteiger partial charge >= 0.3 is 0 Å². The molecule has 1 aromatic carbocycles. The lowest BCUT2D eigenvalue weighted by molar-refractivity contribution is 1.11. The van der Waals surface area contributed by atoms with Crippen LogP contribution in [0.1, 0.15) is 5.56 Å². The van der Waals surface area contributed by atoms with E-state index >= 15 is 0 Å². The average Bonchev–Trinajstić information content (AvgIpc) is 2.36. The molecule has 0 amide bonds. The molecule has 0 saturated carbocycles. The Morgan fingerprint density at radius 2 is 2.00 bits per heavy atom. The first-order valence-electron chi connectivity index (χ1n) is 3.49. The molecule has 1 aliphatic rings. The Hall–Kier alpha value is -0.600. The van der Waals surface area contributed by atoms with Gasteiger partial charge in [-0.2, -0.15) is 0 Å². The number of nitrogen functional groups attached to an aromatic ring is 1. The van der Waals surface area contributed by atoms with Crippen molar-refractivity contribution < 1.29 is 0 Å². The van der Waals surface area contributed by atoms with Gasteiger partial charge in [-0.1, -0.05) is 6.07 Å². The standard InChI is InChI=1S/C8H10N2.2ClH/c9-7-2-1-3-8-6(7)4-5-10-8;;/h1-3,10H,4-5,9H2;2*1H. The van der Waals surface area contributed by atoms with Crippen LogP contribution in [0.15, 0.2) is 18.2 Å². The molecular formula is C8H12Cl2N2. The minimum Gasteiger partial charge on any atom is -0.398 e. The van der Waals surface area contributed by atoms with Gasteiger partial charge in [-0.05, 0) is 24.1 Å². The van der Waals surface area contributed by atoms with Crippen molar-refractivity contribution in [3.8, 4) is 0 Å². The zero-order valence-electron chi connectivity index (χ0n) is 6.54. The van der Waals surface area contributed by atoms with Crippen LogP contribution >= 0.6 is 24.8 Å². The molecule has 1 heterocycles. The van der Waals surface area contributed by atoms with E-state index in [0.29, 0.717) is 0 Å². The first-order chi connectivity index (χ1) is 4.88. The SMILES string of the molecule is Cl.Cl.Nc1cccc2c1CCN2. The number of halogens is 2. The van der Waals surface area contributed by atoms with Crippen LogP contribution in [0.2, 0.25) is 0 Å². The Bertz CT molecular complexity index is 263. The van der Waals surface area contributed by atoms with E-state index in [0.717, 1.165) is 18.7 Å². The fraction of sp³-hybridized carbons (Fsp3) is 0.250. The molecule has 0 saturated heterocycles. The number of nitrogens with one attached hydrogen (secondary N) is 1. The van der Waals surface area contributed by atoms with Crippen molar-refractivity contribution in [1.29, 1.82) is 0 Å². The van der Waals surface area contributed by atoms with E-state index in [9.17, 15) is 0 Å². The van der Waals surface area contributed by atoms with Crippen molar-refractivity contribution in [2.24, 2.45) is 0 Å². The molecule has 0 aromatic heterocycles. The summed E-state index contributed by atoms with van der Waals surface area (Å²) < 4.78 is 0. The van der Waals surface area contributed by atoms with Crippen molar-refractivity contribution >= 4 is 36.2 Å². The number of benzene rings is 1. The lowest BCUT2D eigenvalue weighted by atomic mass is 10.1. The largest absolute Gasteiger partial charge is 0.398 e. The molecule has 12 heavy (non-hydrogen) atoms. The van der Waals surface area contributed by atoms with Crippen molar-refractivity contribution in [1.82, 2.24) is 0 Å². The average molecular weight is 207 g/mol. The monoisotopic (exact) mass is 206 g/mol. The van der Waals surface area contributed by atoms with Crippen LogP contribution in [0.4, 0.5) is 11.4 Å². The molecule has 0 bridgehead atoms. The highest BCUT2D eigenvalue weighted by atomic mass is 35.5. The molecule has 0 unspecified atom stereocenters. The van der Waals surface area contributed by atoms with Crippen LogP contribution in [-0.4, -0.2) is 6.54 Å². The van der Waals surface area contributed by atoms with Gasteiger partial charge in [0.2, 0.25) is 0 Å². The summed E-state index contributed by atoms with van der Waals surface area (Å²) >= 11 is 0. The molecule has 0 spiro atoms. The molecule has 68 valence electrons. The minimum atomic E-state index is 0. The summed E-state index contributed by atoms with van der Waals surface area (Å²) in [6.07, 6.45) is 1.07. The van der Waals surface area contributed by atoms with Gasteiger partial charge in [0.05, 0.1) is 0 Å². The Labute approximate surface area is 84.4 Å². The molecule has 1 aliphatic heterocycles. The maximum absolute atomic E-state index is 5.73. The number of fused-ring (bicyclic) bond motifs is 1. The second-order valence-corrected chi connectivity index (χ2v) is 2.55. The van der Waals surface area contributed by atoms with E-state index < -0.39 is 0 Å². The van der Waals surface area contributed by atoms with E-state index in [-0.39, 0.29) is 24.8 Å². The number of nitrogens with two attached hydrogens (primary N) is 1. The summed E-state index contributed by atoms with van der Waals surface area (Å²) in [6, 6.07) is 6.00. The third-order valence-corrected chi connectivity index (χ3v) is 1.90. The summed E-state index contributed by atoms with van der Waals surface area (Å²) in [5.41, 5.74) is 9.14. The molecule has 0 fully saturated rings. The predicted molar refractivity (Wildman–Crippen MR) is 57.5 cm³/mol. The second-order valence-electron chi connectivity index (χ2n) is 2.55. The predicted octanol–water partition coefficient (Wildman–Crippen LogP) is 2.08. The third kappa shape index (κ3) is 1.76. The summed E-state index contributed by atoms with van der Waals surface area (Å²) in [5.74, 6) is 0.